The third kappa shape index (κ3) is 5.50. The number of hydrogen-bond donors (Lipinski definition) is 3. The lowest BCUT2D eigenvalue weighted by atomic mass is 9.95. The number of nitrogens with one attached hydrogen (secondary N) is 2. The number of nitrogens with zero attached hydrogens (tertiary/aromatic N) is 2. The molecule has 180 valence electrons. The van der Waals surface area contributed by atoms with Crippen molar-refractivity contribution < 1.29 is 22.5 Å². The number of thiophene rings is 1. The molecule has 0 saturated heterocycles. The maximum Gasteiger partial charge on any atom is 0.335 e. The summed E-state index contributed by atoms with van der Waals surface area (Å²) in [7, 11) is -2.69. The molecule has 2 aromatic heterocycles. The summed E-state index contributed by atoms with van der Waals surface area (Å²) in [5.74, 6) is 0.276. The van der Waals surface area contributed by atoms with Crippen LogP contribution in [0.1, 0.15) is 52.0 Å². The monoisotopic (exact) mass is 502 g/mol. The zero-order valence-corrected chi connectivity index (χ0v) is 20.3. The van der Waals surface area contributed by atoms with Gasteiger partial charge in [0.1, 0.15) is 18.2 Å². The molecular formula is C23H26N4O5S2. The van der Waals surface area contributed by atoms with E-state index in [-0.39, 0.29) is 30.6 Å². The molecule has 1 aliphatic rings. The molecule has 0 spiro atoms. The summed E-state index contributed by atoms with van der Waals surface area (Å²) < 4.78 is 30.4. The van der Waals surface area contributed by atoms with Gasteiger partial charge in [-0.3, -0.25) is 8.98 Å². The molecule has 11 heteroatoms. The van der Waals surface area contributed by atoms with Gasteiger partial charge in [0.25, 0.3) is 0 Å². The fraction of sp³-hybridized carbons (Fsp3) is 0.348. The normalized spacial score (nSPS) is 21.3. The number of rotatable bonds is 9. The van der Waals surface area contributed by atoms with Gasteiger partial charge in [0.2, 0.25) is 5.78 Å². The van der Waals surface area contributed by atoms with Crippen LogP contribution >= 0.6 is 11.3 Å². The predicted octanol–water partition coefficient (Wildman–Crippen LogP) is 2.71. The van der Waals surface area contributed by atoms with E-state index >= 15 is 0 Å². The minimum absolute atomic E-state index is 0.148. The number of ketones is 1. The topological polar surface area (TPSA) is 131 Å². The van der Waals surface area contributed by atoms with E-state index in [2.05, 4.69) is 39.1 Å². The molecule has 1 aromatic carbocycles. The molecule has 0 bridgehead atoms. The first-order valence-corrected chi connectivity index (χ1v) is 13.1. The van der Waals surface area contributed by atoms with Gasteiger partial charge in [-0.25, -0.2) is 9.97 Å². The Kier molecular flexibility index (Phi) is 7.39. The van der Waals surface area contributed by atoms with E-state index in [0.717, 1.165) is 5.56 Å². The van der Waals surface area contributed by atoms with E-state index in [1.54, 1.807) is 0 Å². The van der Waals surface area contributed by atoms with Gasteiger partial charge in [-0.2, -0.15) is 13.1 Å². The van der Waals surface area contributed by atoms with Crippen molar-refractivity contribution in [2.45, 2.75) is 43.9 Å². The molecule has 1 aliphatic carbocycles. The fourth-order valence-electron chi connectivity index (χ4n) is 3.98. The molecular weight excluding hydrogens is 476 g/mol. The van der Waals surface area contributed by atoms with E-state index in [1.165, 1.54) is 36.5 Å². The maximum absolute atomic E-state index is 13.3. The van der Waals surface area contributed by atoms with Gasteiger partial charge in [0, 0.05) is 25.2 Å². The van der Waals surface area contributed by atoms with Crippen LogP contribution in [0.3, 0.4) is 0 Å². The summed E-state index contributed by atoms with van der Waals surface area (Å²) >= 11 is 1.37. The van der Waals surface area contributed by atoms with Crippen molar-refractivity contribution in [3.8, 4) is 0 Å². The molecule has 0 aliphatic heterocycles. The molecule has 1 fully saturated rings. The van der Waals surface area contributed by atoms with E-state index in [1.807, 2.05) is 29.6 Å². The Morgan fingerprint density at radius 1 is 1.24 bits per heavy atom. The van der Waals surface area contributed by atoms with Crippen molar-refractivity contribution in [1.29, 1.82) is 0 Å². The van der Waals surface area contributed by atoms with Crippen LogP contribution in [0.2, 0.25) is 0 Å². The van der Waals surface area contributed by atoms with Crippen molar-refractivity contribution in [2.75, 3.05) is 12.4 Å². The van der Waals surface area contributed by atoms with Crippen molar-refractivity contribution >= 4 is 33.2 Å². The molecule has 4 rings (SSSR count). The SMILES string of the molecule is CNS(=O)(=O)O[C@@H]1C[C@H](Nc2ncncc2C(=O)c2cc([C@@H](C)c3ccccc3)cs2)C[C@@H]1O. The lowest BCUT2D eigenvalue weighted by molar-refractivity contribution is 0.0636. The Labute approximate surface area is 202 Å². The van der Waals surface area contributed by atoms with Crippen LogP contribution in [-0.2, 0) is 14.5 Å². The zero-order valence-electron chi connectivity index (χ0n) is 18.7. The van der Waals surface area contributed by atoms with Crippen LogP contribution < -0.4 is 10.0 Å². The third-order valence-electron chi connectivity index (χ3n) is 5.91. The van der Waals surface area contributed by atoms with Crippen molar-refractivity contribution in [3.63, 3.8) is 0 Å². The van der Waals surface area contributed by atoms with Crippen molar-refractivity contribution in [1.82, 2.24) is 14.7 Å². The van der Waals surface area contributed by atoms with Crippen LogP contribution in [0.4, 0.5) is 5.82 Å². The van der Waals surface area contributed by atoms with E-state index in [9.17, 15) is 18.3 Å². The summed E-state index contributed by atoms with van der Waals surface area (Å²) in [4.78, 5) is 22.1. The highest BCUT2D eigenvalue weighted by atomic mass is 32.2. The van der Waals surface area contributed by atoms with Gasteiger partial charge in [-0.15, -0.1) is 11.3 Å². The maximum atomic E-state index is 13.3. The Bertz CT molecular complexity index is 1250. The number of carbonyl (C=O) groups is 1. The second kappa shape index (κ2) is 10.3. The molecule has 9 nitrogen and oxygen atoms in total. The number of anilines is 1. The number of carbonyl (C=O) groups excluding carboxylic acids is 1. The van der Waals surface area contributed by atoms with Gasteiger partial charge >= 0.3 is 10.3 Å². The molecule has 0 unspecified atom stereocenters. The van der Waals surface area contributed by atoms with E-state index < -0.39 is 22.5 Å². The van der Waals surface area contributed by atoms with Gasteiger partial charge in [0.05, 0.1) is 16.5 Å². The minimum atomic E-state index is -3.93. The number of aliphatic hydroxyl groups is 1. The molecule has 0 radical (unpaired) electrons. The molecule has 3 aromatic rings. The number of aliphatic hydroxyl groups excluding tert-OH is 1. The lowest BCUT2D eigenvalue weighted by Crippen LogP contribution is -2.31. The third-order valence-corrected chi connectivity index (χ3v) is 7.86. The molecule has 2 heterocycles. The van der Waals surface area contributed by atoms with Gasteiger partial charge in [-0.1, -0.05) is 37.3 Å². The number of benzene rings is 1. The Hall–Kier alpha value is -2.70. The van der Waals surface area contributed by atoms with Crippen molar-refractivity contribution in [3.05, 3.63) is 75.9 Å². The largest absolute Gasteiger partial charge is 0.390 e. The summed E-state index contributed by atoms with van der Waals surface area (Å²) in [5.41, 5.74) is 2.53. The predicted molar refractivity (Wildman–Crippen MR) is 129 cm³/mol. The van der Waals surface area contributed by atoms with Gasteiger partial charge in [-0.05, 0) is 35.4 Å². The summed E-state index contributed by atoms with van der Waals surface area (Å²) in [6, 6.07) is 11.6. The average Bonchev–Trinajstić information content (AvgIpc) is 3.46. The number of aromatic nitrogens is 2. The van der Waals surface area contributed by atoms with Gasteiger partial charge in [0.15, 0.2) is 0 Å². The highest BCUT2D eigenvalue weighted by Gasteiger charge is 2.37. The Balaban J connectivity index is 1.49. The summed E-state index contributed by atoms with van der Waals surface area (Å²) in [6.45, 7) is 2.10. The number of hydrogen-bond acceptors (Lipinski definition) is 9. The van der Waals surface area contributed by atoms with Crippen LogP contribution in [0, 0.1) is 0 Å². The first-order chi connectivity index (χ1) is 16.3. The standard InChI is InChI=1S/C23H26N4O5S2/c1-14(15-6-4-3-5-7-15)16-8-21(33-12-16)22(29)18-11-25-13-26-23(18)27-17-9-19(28)20(10-17)32-34(30,31)24-2/h3-8,11-14,17,19-20,24,28H,9-10H2,1-2H3,(H,25,26,27)/t14-,17+,19-,20+/m0/s1. The highest BCUT2D eigenvalue weighted by Crippen LogP contribution is 2.31. The molecule has 34 heavy (non-hydrogen) atoms. The Morgan fingerprint density at radius 2 is 2.00 bits per heavy atom. The lowest BCUT2D eigenvalue weighted by Gasteiger charge is -2.15. The molecule has 3 N–H and O–H groups in total. The first kappa shape index (κ1) is 24.4. The van der Waals surface area contributed by atoms with Crippen LogP contribution in [0.5, 0.6) is 0 Å². The Morgan fingerprint density at radius 3 is 2.74 bits per heavy atom. The highest BCUT2D eigenvalue weighted by molar-refractivity contribution is 7.84. The van der Waals surface area contributed by atoms with E-state index in [4.69, 9.17) is 4.18 Å². The average molecular weight is 503 g/mol. The second-order valence-electron chi connectivity index (χ2n) is 8.16. The zero-order chi connectivity index (χ0) is 24.3. The summed E-state index contributed by atoms with van der Waals surface area (Å²) in [5, 5.41) is 15.4. The fourth-order valence-corrected chi connectivity index (χ4v) is 5.56. The van der Waals surface area contributed by atoms with Crippen LogP contribution in [-0.4, -0.2) is 54.6 Å². The van der Waals surface area contributed by atoms with E-state index in [0.29, 0.717) is 16.3 Å². The smallest absolute Gasteiger partial charge is 0.335 e. The van der Waals surface area contributed by atoms with Crippen LogP contribution in [0.25, 0.3) is 0 Å². The summed E-state index contributed by atoms with van der Waals surface area (Å²) in [6.07, 6.45) is 1.41. The molecule has 1 saturated carbocycles. The first-order valence-electron chi connectivity index (χ1n) is 10.8. The van der Waals surface area contributed by atoms with Crippen molar-refractivity contribution in [2.24, 2.45) is 0 Å². The van der Waals surface area contributed by atoms with Crippen LogP contribution in [0.15, 0.2) is 54.3 Å². The van der Waals surface area contributed by atoms with Gasteiger partial charge < -0.3 is 10.4 Å². The molecule has 4 atom stereocenters. The second-order valence-corrected chi connectivity index (χ2v) is 10.6. The molecule has 0 amide bonds. The minimum Gasteiger partial charge on any atom is -0.390 e. The quantitative estimate of drug-likeness (QED) is 0.381.